The van der Waals surface area contributed by atoms with Gasteiger partial charge in [-0.05, 0) is 38.9 Å². The van der Waals surface area contributed by atoms with Gasteiger partial charge in [-0.3, -0.25) is 4.98 Å². The molecule has 1 atom stereocenters. The average Bonchev–Trinajstić information content (AvgIpc) is 2.26. The number of hydrogen-bond donors (Lipinski definition) is 1. The van der Waals surface area contributed by atoms with Gasteiger partial charge in [0.15, 0.2) is 0 Å². The Hall–Kier alpha value is -0.930. The van der Waals surface area contributed by atoms with Gasteiger partial charge in [0.25, 0.3) is 0 Å². The van der Waals surface area contributed by atoms with Crippen molar-refractivity contribution in [3.8, 4) is 0 Å². The van der Waals surface area contributed by atoms with Crippen molar-refractivity contribution in [3.63, 3.8) is 0 Å². The number of nitrogens with zero attached hydrogens (tertiary/aromatic N) is 1. The van der Waals surface area contributed by atoms with Gasteiger partial charge in [-0.2, -0.15) is 0 Å². The second-order valence-corrected chi connectivity index (χ2v) is 3.56. The van der Waals surface area contributed by atoms with Crippen LogP contribution < -0.4 is 5.32 Å². The number of aromatic nitrogens is 1. The molecule has 0 aromatic carbocycles. The average molecular weight is 208 g/mol. The van der Waals surface area contributed by atoms with Gasteiger partial charge in [-0.25, -0.2) is 0 Å². The Morgan fingerprint density at radius 2 is 2.27 bits per heavy atom. The van der Waals surface area contributed by atoms with Gasteiger partial charge in [0, 0.05) is 31.1 Å². The van der Waals surface area contributed by atoms with Gasteiger partial charge in [0.05, 0.1) is 0 Å². The maximum Gasteiger partial charge on any atom is 0.0484 e. The Balaban J connectivity index is 2.53. The summed E-state index contributed by atoms with van der Waals surface area (Å²) in [7, 11) is 1.97. The lowest BCUT2D eigenvalue weighted by molar-refractivity contribution is 0.137. The quantitative estimate of drug-likeness (QED) is 0.727. The minimum absolute atomic E-state index is 0.338. The zero-order chi connectivity index (χ0) is 11.1. The van der Waals surface area contributed by atoms with Crippen LogP contribution in [-0.4, -0.2) is 25.2 Å². The van der Waals surface area contributed by atoms with E-state index >= 15 is 0 Å². The van der Waals surface area contributed by atoms with Crippen molar-refractivity contribution in [1.82, 2.24) is 10.3 Å². The van der Waals surface area contributed by atoms with E-state index in [2.05, 4.69) is 16.4 Å². The minimum Gasteiger partial charge on any atom is -0.382 e. The van der Waals surface area contributed by atoms with E-state index in [1.165, 1.54) is 5.56 Å². The summed E-state index contributed by atoms with van der Waals surface area (Å²) in [5, 5.41) is 3.28. The normalized spacial score (nSPS) is 12.7. The number of pyridine rings is 1. The van der Waals surface area contributed by atoms with E-state index in [0.29, 0.717) is 6.04 Å². The van der Waals surface area contributed by atoms with E-state index in [9.17, 15) is 0 Å². The van der Waals surface area contributed by atoms with Crippen molar-refractivity contribution in [2.24, 2.45) is 0 Å². The molecule has 0 amide bonds. The van der Waals surface area contributed by atoms with Crippen molar-refractivity contribution < 1.29 is 4.74 Å². The minimum atomic E-state index is 0.338. The van der Waals surface area contributed by atoms with Crippen LogP contribution in [0.15, 0.2) is 18.3 Å². The monoisotopic (exact) mass is 208 g/mol. The molecule has 1 aromatic rings. The van der Waals surface area contributed by atoms with Gasteiger partial charge < -0.3 is 10.1 Å². The molecule has 0 spiro atoms. The predicted molar refractivity (Wildman–Crippen MR) is 61.9 cm³/mol. The highest BCUT2D eigenvalue weighted by molar-refractivity contribution is 5.17. The summed E-state index contributed by atoms with van der Waals surface area (Å²) >= 11 is 0. The lowest BCUT2D eigenvalue weighted by Gasteiger charge is -2.16. The fraction of sp³-hybridized carbons (Fsp3) is 0.583. The fourth-order valence-corrected chi connectivity index (χ4v) is 1.51. The number of ether oxygens (including phenoxy) is 1. The van der Waals surface area contributed by atoms with Gasteiger partial charge in [0.1, 0.15) is 0 Å². The Labute approximate surface area is 91.9 Å². The van der Waals surface area contributed by atoms with Crippen molar-refractivity contribution in [2.45, 2.75) is 26.3 Å². The third kappa shape index (κ3) is 3.98. The van der Waals surface area contributed by atoms with Gasteiger partial charge in [0.2, 0.25) is 0 Å². The van der Waals surface area contributed by atoms with Crippen LogP contribution in [0.5, 0.6) is 0 Å². The summed E-state index contributed by atoms with van der Waals surface area (Å²) < 4.78 is 5.35. The molecule has 1 aromatic heterocycles. The van der Waals surface area contributed by atoms with Crippen molar-refractivity contribution in [3.05, 3.63) is 29.6 Å². The molecule has 0 saturated heterocycles. The summed E-state index contributed by atoms with van der Waals surface area (Å²) in [6.07, 6.45) is 2.91. The van der Waals surface area contributed by atoms with Crippen LogP contribution in [-0.2, 0) is 4.74 Å². The summed E-state index contributed by atoms with van der Waals surface area (Å²) in [5.41, 5.74) is 2.28. The number of rotatable bonds is 6. The lowest BCUT2D eigenvalue weighted by Crippen LogP contribution is -2.18. The molecule has 1 N–H and O–H groups in total. The molecule has 0 bridgehead atoms. The van der Waals surface area contributed by atoms with Crippen LogP contribution in [0.1, 0.15) is 30.6 Å². The molecule has 1 rings (SSSR count). The molecule has 84 valence electrons. The standard InChI is InChI=1S/C12H20N2O/c1-4-15-8-7-12(13-3)11-6-5-10(2)14-9-11/h5-6,9,12-13H,4,7-8H2,1-3H3. The summed E-state index contributed by atoms with van der Waals surface area (Å²) in [6.45, 7) is 5.58. The first-order valence-corrected chi connectivity index (χ1v) is 5.45. The van der Waals surface area contributed by atoms with Crippen LogP contribution in [0.4, 0.5) is 0 Å². The maximum atomic E-state index is 5.35. The van der Waals surface area contributed by atoms with Crippen molar-refractivity contribution in [2.75, 3.05) is 20.3 Å². The SMILES string of the molecule is CCOCCC(NC)c1ccc(C)nc1. The summed E-state index contributed by atoms with van der Waals surface area (Å²) in [6, 6.07) is 4.50. The van der Waals surface area contributed by atoms with Crippen LogP contribution in [0.2, 0.25) is 0 Å². The maximum absolute atomic E-state index is 5.35. The molecular weight excluding hydrogens is 188 g/mol. The molecule has 3 nitrogen and oxygen atoms in total. The van der Waals surface area contributed by atoms with Crippen LogP contribution in [0, 0.1) is 6.92 Å². The Morgan fingerprint density at radius 1 is 1.47 bits per heavy atom. The highest BCUT2D eigenvalue weighted by Crippen LogP contribution is 2.15. The molecule has 0 aliphatic rings. The first-order valence-electron chi connectivity index (χ1n) is 5.45. The van der Waals surface area contributed by atoms with Gasteiger partial charge in [-0.15, -0.1) is 0 Å². The zero-order valence-corrected chi connectivity index (χ0v) is 9.79. The molecule has 0 saturated carbocycles. The molecular formula is C12H20N2O. The number of aryl methyl sites for hydroxylation is 1. The zero-order valence-electron chi connectivity index (χ0n) is 9.79. The Bertz CT molecular complexity index is 271. The van der Waals surface area contributed by atoms with E-state index in [-0.39, 0.29) is 0 Å². The summed E-state index contributed by atoms with van der Waals surface area (Å²) in [4.78, 5) is 4.30. The molecule has 1 unspecified atom stereocenters. The third-order valence-corrected chi connectivity index (χ3v) is 2.44. The van der Waals surface area contributed by atoms with Gasteiger partial charge in [-0.1, -0.05) is 6.07 Å². The van der Waals surface area contributed by atoms with Crippen LogP contribution in [0.3, 0.4) is 0 Å². The highest BCUT2D eigenvalue weighted by atomic mass is 16.5. The van der Waals surface area contributed by atoms with E-state index < -0.39 is 0 Å². The smallest absolute Gasteiger partial charge is 0.0484 e. The molecule has 0 aliphatic carbocycles. The molecule has 3 heteroatoms. The number of nitrogens with one attached hydrogen (secondary N) is 1. The topological polar surface area (TPSA) is 34.1 Å². The largest absolute Gasteiger partial charge is 0.382 e. The lowest BCUT2D eigenvalue weighted by atomic mass is 10.1. The third-order valence-electron chi connectivity index (χ3n) is 2.44. The van der Waals surface area contributed by atoms with E-state index in [1.54, 1.807) is 0 Å². The fourth-order valence-electron chi connectivity index (χ4n) is 1.51. The van der Waals surface area contributed by atoms with Crippen molar-refractivity contribution in [1.29, 1.82) is 0 Å². The first kappa shape index (κ1) is 12.1. The second-order valence-electron chi connectivity index (χ2n) is 3.56. The van der Waals surface area contributed by atoms with Crippen molar-refractivity contribution >= 4 is 0 Å². The second kappa shape index (κ2) is 6.53. The Morgan fingerprint density at radius 3 is 2.80 bits per heavy atom. The number of hydrogen-bond acceptors (Lipinski definition) is 3. The summed E-state index contributed by atoms with van der Waals surface area (Å²) in [5.74, 6) is 0. The van der Waals surface area contributed by atoms with E-state index in [0.717, 1.165) is 25.3 Å². The van der Waals surface area contributed by atoms with Gasteiger partial charge >= 0.3 is 0 Å². The molecule has 0 aliphatic heterocycles. The van der Waals surface area contributed by atoms with Crippen LogP contribution in [0.25, 0.3) is 0 Å². The first-order chi connectivity index (χ1) is 7.27. The molecule has 15 heavy (non-hydrogen) atoms. The molecule has 1 heterocycles. The van der Waals surface area contributed by atoms with E-state index in [4.69, 9.17) is 4.74 Å². The van der Waals surface area contributed by atoms with Crippen LogP contribution >= 0.6 is 0 Å². The highest BCUT2D eigenvalue weighted by Gasteiger charge is 2.08. The molecule has 0 radical (unpaired) electrons. The Kier molecular flexibility index (Phi) is 5.29. The molecule has 0 fully saturated rings. The predicted octanol–water partition coefficient (Wildman–Crippen LogP) is 2.08. The van der Waals surface area contributed by atoms with E-state index in [1.807, 2.05) is 33.2 Å².